The zero-order chi connectivity index (χ0) is 20.4. The number of amides is 1. The van der Waals surface area contributed by atoms with E-state index in [1.165, 1.54) is 0 Å². The SMILES string of the molecule is CS(=O)(=O)O.N=C(N)NC(=O)c1cc(OCCO)cc(-c2ccccc2)c1. The van der Waals surface area contributed by atoms with E-state index in [1.807, 2.05) is 30.3 Å². The lowest BCUT2D eigenvalue weighted by molar-refractivity contribution is 0.0976. The summed E-state index contributed by atoms with van der Waals surface area (Å²) in [5.74, 6) is -0.448. The fourth-order valence-corrected chi connectivity index (χ4v) is 1.97. The van der Waals surface area contributed by atoms with Gasteiger partial charge in [0.25, 0.3) is 16.0 Å². The fourth-order valence-electron chi connectivity index (χ4n) is 1.97. The zero-order valence-electron chi connectivity index (χ0n) is 14.5. The molecule has 0 spiro atoms. The van der Waals surface area contributed by atoms with E-state index < -0.39 is 22.0 Å². The standard InChI is InChI=1S/C16H17N3O3.CH4O3S/c17-16(18)19-15(21)13-8-12(11-4-2-1-3-5-11)9-14(10-13)22-7-6-20;1-5(2,3)4/h1-5,8-10,20H,6-7H2,(H4,17,18,19,21);1H3,(H,2,3,4). The van der Waals surface area contributed by atoms with Crippen LogP contribution in [0.25, 0.3) is 11.1 Å². The predicted molar refractivity (Wildman–Crippen MR) is 101 cm³/mol. The fraction of sp³-hybridized carbons (Fsp3) is 0.176. The molecule has 0 saturated heterocycles. The molecule has 2 aromatic carbocycles. The summed E-state index contributed by atoms with van der Waals surface area (Å²) in [5.41, 5.74) is 7.23. The van der Waals surface area contributed by atoms with Crippen LogP contribution in [-0.4, -0.2) is 49.4 Å². The summed E-state index contributed by atoms with van der Waals surface area (Å²) in [6.45, 7) is 0.0105. The van der Waals surface area contributed by atoms with Gasteiger partial charge in [-0.3, -0.25) is 20.1 Å². The van der Waals surface area contributed by atoms with Crippen LogP contribution in [0.4, 0.5) is 0 Å². The second-order valence-electron chi connectivity index (χ2n) is 5.28. The van der Waals surface area contributed by atoms with Crippen LogP contribution in [0, 0.1) is 5.41 Å². The number of hydrogen-bond acceptors (Lipinski definition) is 6. The lowest BCUT2D eigenvalue weighted by Gasteiger charge is -2.11. The molecule has 146 valence electrons. The molecule has 0 aliphatic heterocycles. The molecule has 0 unspecified atom stereocenters. The summed E-state index contributed by atoms with van der Waals surface area (Å²) in [6.07, 6.45) is 0.715. The van der Waals surface area contributed by atoms with Crippen molar-refractivity contribution >= 4 is 22.0 Å². The number of hydrogen-bond donors (Lipinski definition) is 5. The van der Waals surface area contributed by atoms with Crippen LogP contribution in [0.3, 0.4) is 0 Å². The molecule has 0 radical (unpaired) electrons. The molecule has 0 aliphatic rings. The van der Waals surface area contributed by atoms with Crippen molar-refractivity contribution in [2.24, 2.45) is 5.73 Å². The van der Waals surface area contributed by atoms with Crippen LogP contribution >= 0.6 is 0 Å². The molecule has 0 saturated carbocycles. The van der Waals surface area contributed by atoms with Gasteiger partial charge < -0.3 is 15.6 Å². The Morgan fingerprint density at radius 3 is 2.30 bits per heavy atom. The average Bonchev–Trinajstić information content (AvgIpc) is 2.58. The Hall–Kier alpha value is -2.95. The lowest BCUT2D eigenvalue weighted by atomic mass is 10.0. The average molecular weight is 395 g/mol. The number of benzene rings is 2. The molecule has 2 aromatic rings. The molecule has 1 amide bonds. The Labute approximate surface area is 157 Å². The van der Waals surface area contributed by atoms with E-state index in [2.05, 4.69) is 5.32 Å². The highest BCUT2D eigenvalue weighted by Crippen LogP contribution is 2.26. The molecular weight excluding hydrogens is 374 g/mol. The van der Waals surface area contributed by atoms with Gasteiger partial charge >= 0.3 is 0 Å². The van der Waals surface area contributed by atoms with Crippen LogP contribution in [0.2, 0.25) is 0 Å². The molecule has 9 nitrogen and oxygen atoms in total. The van der Waals surface area contributed by atoms with Crippen LogP contribution < -0.4 is 15.8 Å². The second-order valence-corrected chi connectivity index (χ2v) is 6.75. The van der Waals surface area contributed by atoms with Crippen molar-refractivity contribution < 1.29 is 27.6 Å². The number of nitrogens with one attached hydrogen (secondary N) is 2. The minimum Gasteiger partial charge on any atom is -0.491 e. The summed E-state index contributed by atoms with van der Waals surface area (Å²) < 4.78 is 31.3. The lowest BCUT2D eigenvalue weighted by Crippen LogP contribution is -2.35. The number of ether oxygens (including phenoxy) is 1. The maximum atomic E-state index is 12.0. The van der Waals surface area contributed by atoms with Gasteiger partial charge in [-0.15, -0.1) is 0 Å². The number of aliphatic hydroxyl groups excluding tert-OH is 1. The normalized spacial score (nSPS) is 10.3. The molecule has 0 atom stereocenters. The molecule has 0 heterocycles. The van der Waals surface area contributed by atoms with Crippen molar-refractivity contribution in [2.45, 2.75) is 0 Å². The highest BCUT2D eigenvalue weighted by atomic mass is 32.2. The Kier molecular flexibility index (Phi) is 8.39. The topological polar surface area (TPSA) is 163 Å². The Bertz CT molecular complexity index is 877. The Balaban J connectivity index is 0.000000646. The van der Waals surface area contributed by atoms with Crippen molar-refractivity contribution in [1.29, 1.82) is 5.41 Å². The van der Waals surface area contributed by atoms with Crippen LogP contribution in [0.15, 0.2) is 48.5 Å². The summed E-state index contributed by atoms with van der Waals surface area (Å²) in [6, 6.07) is 14.5. The number of guanidine groups is 1. The van der Waals surface area contributed by atoms with Gasteiger partial charge in [-0.05, 0) is 29.3 Å². The van der Waals surface area contributed by atoms with Gasteiger partial charge in [0, 0.05) is 5.56 Å². The summed E-state index contributed by atoms with van der Waals surface area (Å²) in [5, 5.41) is 18.2. The highest BCUT2D eigenvalue weighted by Gasteiger charge is 2.11. The Morgan fingerprint density at radius 2 is 1.78 bits per heavy atom. The number of carbonyl (C=O) groups excluding carboxylic acids is 1. The summed E-state index contributed by atoms with van der Waals surface area (Å²) in [4.78, 5) is 12.0. The van der Waals surface area contributed by atoms with Gasteiger partial charge in [0.15, 0.2) is 5.96 Å². The van der Waals surface area contributed by atoms with Crippen LogP contribution in [0.1, 0.15) is 10.4 Å². The first-order valence-electron chi connectivity index (χ1n) is 7.62. The third-order valence-corrected chi connectivity index (χ3v) is 2.88. The predicted octanol–water partition coefficient (Wildman–Crippen LogP) is 0.852. The molecule has 10 heteroatoms. The van der Waals surface area contributed by atoms with E-state index in [1.54, 1.807) is 18.2 Å². The largest absolute Gasteiger partial charge is 0.491 e. The first kappa shape index (κ1) is 22.1. The van der Waals surface area contributed by atoms with E-state index in [0.717, 1.165) is 11.1 Å². The highest BCUT2D eigenvalue weighted by molar-refractivity contribution is 7.85. The van der Waals surface area contributed by atoms with Crippen molar-refractivity contribution in [2.75, 3.05) is 19.5 Å². The van der Waals surface area contributed by atoms with Crippen molar-refractivity contribution in [1.82, 2.24) is 5.32 Å². The number of aliphatic hydroxyl groups is 1. The van der Waals surface area contributed by atoms with Crippen LogP contribution in [0.5, 0.6) is 5.75 Å². The van der Waals surface area contributed by atoms with E-state index in [-0.39, 0.29) is 13.2 Å². The summed E-state index contributed by atoms with van der Waals surface area (Å²) >= 11 is 0. The minimum atomic E-state index is -3.67. The third-order valence-electron chi connectivity index (χ3n) is 2.88. The van der Waals surface area contributed by atoms with Crippen molar-refractivity contribution in [3.8, 4) is 16.9 Å². The molecule has 0 aliphatic carbocycles. The smallest absolute Gasteiger partial charge is 0.261 e. The Morgan fingerprint density at radius 1 is 1.19 bits per heavy atom. The van der Waals surface area contributed by atoms with Crippen molar-refractivity contribution in [3.05, 3.63) is 54.1 Å². The number of rotatable bonds is 5. The van der Waals surface area contributed by atoms with Gasteiger partial charge in [-0.2, -0.15) is 8.42 Å². The molecular formula is C17H21N3O6S. The quantitative estimate of drug-likeness (QED) is 0.285. The second kappa shape index (κ2) is 10.3. The molecule has 0 fully saturated rings. The van der Waals surface area contributed by atoms with Gasteiger partial charge in [-0.1, -0.05) is 30.3 Å². The van der Waals surface area contributed by atoms with E-state index in [0.29, 0.717) is 17.6 Å². The molecule has 2 rings (SSSR count). The van der Waals surface area contributed by atoms with E-state index in [9.17, 15) is 13.2 Å². The molecule has 0 aromatic heterocycles. The first-order chi connectivity index (χ1) is 12.6. The minimum absolute atomic E-state index is 0.120. The maximum Gasteiger partial charge on any atom is 0.261 e. The van der Waals surface area contributed by atoms with Gasteiger partial charge in [0.05, 0.1) is 12.9 Å². The van der Waals surface area contributed by atoms with E-state index >= 15 is 0 Å². The number of carbonyl (C=O) groups is 1. The zero-order valence-corrected chi connectivity index (χ0v) is 15.4. The van der Waals surface area contributed by atoms with E-state index in [4.69, 9.17) is 25.5 Å². The van der Waals surface area contributed by atoms with Gasteiger partial charge in [0.1, 0.15) is 12.4 Å². The van der Waals surface area contributed by atoms with Gasteiger partial charge in [-0.25, -0.2) is 0 Å². The third kappa shape index (κ3) is 9.35. The first-order valence-corrected chi connectivity index (χ1v) is 9.47. The summed E-state index contributed by atoms with van der Waals surface area (Å²) in [7, 11) is -3.67. The number of nitrogens with two attached hydrogens (primary N) is 1. The molecule has 0 bridgehead atoms. The van der Waals surface area contributed by atoms with Gasteiger partial charge in [0.2, 0.25) is 0 Å². The van der Waals surface area contributed by atoms with Crippen molar-refractivity contribution in [3.63, 3.8) is 0 Å². The maximum absolute atomic E-state index is 12.0. The molecule has 6 N–H and O–H groups in total. The molecule has 27 heavy (non-hydrogen) atoms. The van der Waals surface area contributed by atoms with Crippen LogP contribution in [-0.2, 0) is 10.1 Å². The monoisotopic (exact) mass is 395 g/mol.